The van der Waals surface area contributed by atoms with Crippen LogP contribution in [0.15, 0.2) is 187 Å². The molecule has 0 aliphatic heterocycles. The minimum absolute atomic E-state index is 0.280. The molecule has 3 aliphatic rings. The molecule has 0 radical (unpaired) electrons. The van der Waals surface area contributed by atoms with Gasteiger partial charge in [0.05, 0.1) is 5.70 Å². The van der Waals surface area contributed by atoms with Gasteiger partial charge in [-0.05, 0) is 98.0 Å². The van der Waals surface area contributed by atoms with E-state index in [1.165, 1.54) is 49.9 Å². The lowest BCUT2D eigenvalue weighted by Crippen LogP contribution is -2.27. The highest BCUT2D eigenvalue weighted by atomic mass is 15.1. The molecular weight excluding hydrogens is 579 g/mol. The second kappa shape index (κ2) is 12.6. The monoisotopic (exact) mass is 613 g/mol. The summed E-state index contributed by atoms with van der Waals surface area (Å²) in [5.74, 6) is 3.32. The van der Waals surface area contributed by atoms with Gasteiger partial charge in [-0.25, -0.2) is 0 Å². The first-order chi connectivity index (χ1) is 23.7. The van der Waals surface area contributed by atoms with Gasteiger partial charge in [0.1, 0.15) is 0 Å². The van der Waals surface area contributed by atoms with E-state index in [0.717, 1.165) is 21.8 Å². The molecule has 0 saturated carbocycles. The second-order valence-corrected chi connectivity index (χ2v) is 12.5. The summed E-state index contributed by atoms with van der Waals surface area (Å²) in [5.41, 5.74) is 10.9. The zero-order valence-electron chi connectivity index (χ0n) is 26.9. The first-order valence-electron chi connectivity index (χ1n) is 16.6. The standard InChI is InChI=1S/C47H35N/c1-3-13-35-14-4-7-18-41(35)33(2)34-24-28-39(29-25-34)48(47-32-38-16-6-9-20-44(38)45-21-10-11-22-46(45)47)40-30-26-37(27-31-40)43-23-12-17-36-15-5-8-19-42(36)43/h1,4-32,44-45H,2H3/b35-13-,41-33+. The maximum Gasteiger partial charge on any atom is 0.0502 e. The Morgan fingerprint density at radius 2 is 1.38 bits per heavy atom. The molecule has 5 aromatic rings. The van der Waals surface area contributed by atoms with E-state index in [-0.39, 0.29) is 5.92 Å². The maximum atomic E-state index is 5.66. The van der Waals surface area contributed by atoms with Gasteiger partial charge in [-0.3, -0.25) is 0 Å². The number of rotatable bonds is 5. The number of benzene rings is 5. The van der Waals surface area contributed by atoms with Crippen molar-refractivity contribution in [2.24, 2.45) is 11.8 Å². The van der Waals surface area contributed by atoms with Crippen LogP contribution in [0.2, 0.25) is 0 Å². The highest BCUT2D eigenvalue weighted by molar-refractivity contribution is 5.97. The molecule has 0 N–H and O–H groups in total. The Morgan fingerprint density at radius 1 is 0.688 bits per heavy atom. The van der Waals surface area contributed by atoms with Crippen molar-refractivity contribution in [2.45, 2.75) is 6.92 Å². The van der Waals surface area contributed by atoms with Crippen molar-refractivity contribution in [1.82, 2.24) is 0 Å². The second-order valence-electron chi connectivity index (χ2n) is 12.5. The van der Waals surface area contributed by atoms with E-state index in [2.05, 4.69) is 182 Å². The van der Waals surface area contributed by atoms with Crippen LogP contribution in [0.4, 0.5) is 11.4 Å². The SMILES string of the molecule is C#C/C=c1/cccc/c1=C(/C)c1ccc(N(C2=C3C=CC=CC3C3C=CC=CC3=C2)c2ccc(-c3cccc4ccccc34)cc2)cc1. The van der Waals surface area contributed by atoms with Crippen molar-refractivity contribution in [2.75, 3.05) is 4.90 Å². The quantitative estimate of drug-likeness (QED) is 0.178. The largest absolute Gasteiger partial charge is 0.310 e. The Labute approximate surface area is 282 Å². The molecule has 0 saturated heterocycles. The van der Waals surface area contributed by atoms with Crippen molar-refractivity contribution in [1.29, 1.82) is 0 Å². The summed E-state index contributed by atoms with van der Waals surface area (Å²) < 4.78 is 0. The molecule has 8 rings (SSSR count). The fraction of sp³-hybridized carbons (Fsp3) is 0.0638. The van der Waals surface area contributed by atoms with Crippen LogP contribution in [0.3, 0.4) is 0 Å². The highest BCUT2D eigenvalue weighted by Gasteiger charge is 2.32. The molecule has 0 bridgehead atoms. The van der Waals surface area contributed by atoms with Crippen LogP contribution < -0.4 is 15.3 Å². The van der Waals surface area contributed by atoms with E-state index in [0.29, 0.717) is 5.92 Å². The van der Waals surface area contributed by atoms with E-state index in [4.69, 9.17) is 6.42 Å². The number of anilines is 2. The number of fused-ring (bicyclic) bond motifs is 4. The van der Waals surface area contributed by atoms with Gasteiger partial charge in [0, 0.05) is 23.2 Å². The van der Waals surface area contributed by atoms with Gasteiger partial charge in [0.15, 0.2) is 0 Å². The normalized spacial score (nSPS) is 18.7. The number of hydrogen-bond acceptors (Lipinski definition) is 1. The molecule has 2 atom stereocenters. The van der Waals surface area contributed by atoms with Gasteiger partial charge in [0.2, 0.25) is 0 Å². The lowest BCUT2D eigenvalue weighted by atomic mass is 9.72. The first-order valence-corrected chi connectivity index (χ1v) is 16.6. The summed E-state index contributed by atoms with van der Waals surface area (Å²) in [4.78, 5) is 2.42. The smallest absolute Gasteiger partial charge is 0.0502 e. The summed E-state index contributed by atoms with van der Waals surface area (Å²) in [7, 11) is 0. The molecule has 1 heteroatoms. The molecule has 48 heavy (non-hydrogen) atoms. The molecule has 2 unspecified atom stereocenters. The van der Waals surface area contributed by atoms with Crippen molar-refractivity contribution in [3.05, 3.63) is 203 Å². The van der Waals surface area contributed by atoms with E-state index in [1.807, 2.05) is 12.1 Å². The number of allylic oxidation sites excluding steroid dienone is 11. The van der Waals surface area contributed by atoms with Crippen LogP contribution >= 0.6 is 0 Å². The number of hydrogen-bond donors (Lipinski definition) is 0. The summed E-state index contributed by atoms with van der Waals surface area (Å²) >= 11 is 0. The van der Waals surface area contributed by atoms with E-state index in [9.17, 15) is 0 Å². The minimum atomic E-state index is 0.280. The Morgan fingerprint density at radius 3 is 2.19 bits per heavy atom. The van der Waals surface area contributed by atoms with E-state index >= 15 is 0 Å². The Balaban J connectivity index is 1.27. The third-order valence-corrected chi connectivity index (χ3v) is 9.78. The van der Waals surface area contributed by atoms with Crippen molar-refractivity contribution >= 4 is 33.8 Å². The molecule has 0 aromatic heterocycles. The molecule has 1 nitrogen and oxygen atoms in total. The lowest BCUT2D eigenvalue weighted by Gasteiger charge is -2.37. The van der Waals surface area contributed by atoms with Crippen LogP contribution in [0, 0.1) is 24.2 Å². The van der Waals surface area contributed by atoms with Crippen LogP contribution in [-0.2, 0) is 0 Å². The predicted molar refractivity (Wildman–Crippen MR) is 204 cm³/mol. The molecule has 3 aliphatic carbocycles. The fourth-order valence-electron chi connectivity index (χ4n) is 7.37. The van der Waals surface area contributed by atoms with Crippen LogP contribution in [0.5, 0.6) is 0 Å². The van der Waals surface area contributed by atoms with Crippen LogP contribution in [0.1, 0.15) is 12.5 Å². The zero-order chi connectivity index (χ0) is 32.5. The average Bonchev–Trinajstić information content (AvgIpc) is 3.15. The van der Waals surface area contributed by atoms with Crippen molar-refractivity contribution in [3.8, 4) is 23.5 Å². The summed E-state index contributed by atoms with van der Waals surface area (Å²) in [6, 6.07) is 41.5. The van der Waals surface area contributed by atoms with Gasteiger partial charge in [-0.15, -0.1) is 6.42 Å². The summed E-state index contributed by atoms with van der Waals surface area (Å²) in [6.07, 6.45) is 27.8. The first kappa shape index (κ1) is 29.3. The van der Waals surface area contributed by atoms with Gasteiger partial charge in [0.25, 0.3) is 0 Å². The summed E-state index contributed by atoms with van der Waals surface area (Å²) in [5, 5.41) is 4.72. The highest BCUT2D eigenvalue weighted by Crippen LogP contribution is 2.45. The number of nitrogens with zero attached hydrogens (tertiary/aromatic N) is 1. The topological polar surface area (TPSA) is 3.24 Å². The third-order valence-electron chi connectivity index (χ3n) is 9.78. The number of terminal acetylenes is 1. The van der Waals surface area contributed by atoms with E-state index in [1.54, 1.807) is 0 Å². The van der Waals surface area contributed by atoms with Gasteiger partial charge in [-0.1, -0.05) is 146 Å². The van der Waals surface area contributed by atoms with Crippen LogP contribution in [-0.4, -0.2) is 0 Å². The van der Waals surface area contributed by atoms with Gasteiger partial charge >= 0.3 is 0 Å². The van der Waals surface area contributed by atoms with Gasteiger partial charge in [-0.2, -0.15) is 0 Å². The zero-order valence-corrected chi connectivity index (χ0v) is 26.9. The predicted octanol–water partition coefficient (Wildman–Crippen LogP) is 9.96. The lowest BCUT2D eigenvalue weighted by molar-refractivity contribution is 0.606. The molecule has 0 fully saturated rings. The Bertz CT molecular complexity index is 2400. The fourth-order valence-corrected chi connectivity index (χ4v) is 7.37. The molecule has 0 heterocycles. The van der Waals surface area contributed by atoms with Gasteiger partial charge < -0.3 is 4.90 Å². The Kier molecular flexibility index (Phi) is 7.69. The summed E-state index contributed by atoms with van der Waals surface area (Å²) in [6.45, 7) is 2.17. The molecular formula is C47H35N. The third kappa shape index (κ3) is 5.28. The molecule has 0 amide bonds. The molecule has 5 aromatic carbocycles. The molecule has 228 valence electrons. The van der Waals surface area contributed by atoms with Crippen LogP contribution in [0.25, 0.3) is 33.5 Å². The van der Waals surface area contributed by atoms with Crippen molar-refractivity contribution in [3.63, 3.8) is 0 Å². The molecule has 0 spiro atoms. The Hall–Kier alpha value is -6.10. The van der Waals surface area contributed by atoms with Crippen molar-refractivity contribution < 1.29 is 0 Å². The minimum Gasteiger partial charge on any atom is -0.310 e. The average molecular weight is 614 g/mol. The maximum absolute atomic E-state index is 5.66. The van der Waals surface area contributed by atoms with E-state index < -0.39 is 0 Å².